The number of hydrogen-bond acceptors (Lipinski definition) is 2. The van der Waals surface area contributed by atoms with Crippen LogP contribution in [-0.2, 0) is 11.2 Å². The van der Waals surface area contributed by atoms with Crippen molar-refractivity contribution in [1.82, 2.24) is 5.32 Å². The fourth-order valence-electron chi connectivity index (χ4n) is 1.97. The van der Waals surface area contributed by atoms with Gasteiger partial charge in [-0.05, 0) is 24.5 Å². The molecule has 0 aliphatic rings. The van der Waals surface area contributed by atoms with Crippen molar-refractivity contribution in [2.24, 2.45) is 0 Å². The van der Waals surface area contributed by atoms with E-state index in [0.29, 0.717) is 27.4 Å². The third kappa shape index (κ3) is 5.94. The number of rotatable bonds is 7. The molecule has 2 aromatic carbocycles. The Labute approximate surface area is 150 Å². The van der Waals surface area contributed by atoms with E-state index >= 15 is 0 Å². The lowest BCUT2D eigenvalue weighted by atomic mass is 10.1. The van der Waals surface area contributed by atoms with Crippen LogP contribution in [0.3, 0.4) is 0 Å². The highest BCUT2D eigenvalue weighted by Crippen LogP contribution is 2.33. The van der Waals surface area contributed by atoms with Crippen LogP contribution in [-0.4, -0.2) is 19.1 Å². The molecule has 1 amide bonds. The molecule has 0 bridgehead atoms. The Kier molecular flexibility index (Phi) is 7.03. The van der Waals surface area contributed by atoms with Crippen molar-refractivity contribution in [3.05, 3.63) is 63.1 Å². The Bertz CT molecular complexity index is 662. The number of carbonyl (C=O) groups excluding carboxylic acids is 1. The fraction of sp³-hybridized carbons (Fsp3) is 0.235. The number of benzene rings is 2. The van der Waals surface area contributed by atoms with Crippen LogP contribution in [0.15, 0.2) is 42.5 Å². The standard InChI is InChI=1S/C17H16Cl3NO2/c18-13-9-15(20)16(10-14(13)19)23-11-17(22)21-8-4-7-12-5-2-1-3-6-12/h1-3,5-6,9-10H,4,7-8,11H2,(H,21,22). The molecular weight excluding hydrogens is 357 g/mol. The molecule has 122 valence electrons. The highest BCUT2D eigenvalue weighted by Gasteiger charge is 2.09. The molecule has 0 heterocycles. The van der Waals surface area contributed by atoms with E-state index in [4.69, 9.17) is 39.5 Å². The van der Waals surface area contributed by atoms with Crippen molar-refractivity contribution < 1.29 is 9.53 Å². The number of hydrogen-bond donors (Lipinski definition) is 1. The molecule has 0 unspecified atom stereocenters. The van der Waals surface area contributed by atoms with Crippen LogP contribution >= 0.6 is 34.8 Å². The molecule has 0 aliphatic heterocycles. The van der Waals surface area contributed by atoms with E-state index in [2.05, 4.69) is 17.4 Å². The second kappa shape index (κ2) is 9.02. The van der Waals surface area contributed by atoms with Crippen molar-refractivity contribution >= 4 is 40.7 Å². The van der Waals surface area contributed by atoms with Crippen LogP contribution in [0.1, 0.15) is 12.0 Å². The molecule has 0 atom stereocenters. The second-order valence-corrected chi connectivity index (χ2v) is 6.15. The Morgan fingerprint density at radius 1 is 1.00 bits per heavy atom. The summed E-state index contributed by atoms with van der Waals surface area (Å²) in [5, 5.41) is 3.79. The van der Waals surface area contributed by atoms with Crippen LogP contribution in [0.4, 0.5) is 0 Å². The molecule has 0 aromatic heterocycles. The monoisotopic (exact) mass is 371 g/mol. The lowest BCUT2D eigenvalue weighted by molar-refractivity contribution is -0.123. The van der Waals surface area contributed by atoms with E-state index in [-0.39, 0.29) is 12.5 Å². The number of ether oxygens (including phenoxy) is 1. The first-order valence-electron chi connectivity index (χ1n) is 7.14. The van der Waals surface area contributed by atoms with Crippen molar-refractivity contribution in [3.8, 4) is 5.75 Å². The van der Waals surface area contributed by atoms with Crippen molar-refractivity contribution in [2.75, 3.05) is 13.2 Å². The molecule has 1 N–H and O–H groups in total. The summed E-state index contributed by atoms with van der Waals surface area (Å²) in [5.41, 5.74) is 1.25. The molecule has 2 aromatic rings. The zero-order valence-electron chi connectivity index (χ0n) is 12.3. The summed E-state index contributed by atoms with van der Waals surface area (Å²) in [6.07, 6.45) is 1.78. The lowest BCUT2D eigenvalue weighted by Gasteiger charge is -2.10. The first kappa shape index (κ1) is 17.9. The number of halogens is 3. The predicted octanol–water partition coefficient (Wildman–Crippen LogP) is 4.77. The summed E-state index contributed by atoms with van der Waals surface area (Å²) in [7, 11) is 0. The Morgan fingerprint density at radius 3 is 2.43 bits per heavy atom. The summed E-state index contributed by atoms with van der Waals surface area (Å²) >= 11 is 17.7. The van der Waals surface area contributed by atoms with Crippen LogP contribution in [0.25, 0.3) is 0 Å². The summed E-state index contributed by atoms with van der Waals surface area (Å²) in [6.45, 7) is 0.467. The van der Waals surface area contributed by atoms with Gasteiger partial charge in [-0.1, -0.05) is 65.1 Å². The van der Waals surface area contributed by atoms with Gasteiger partial charge in [0.25, 0.3) is 5.91 Å². The molecule has 0 spiro atoms. The van der Waals surface area contributed by atoms with Crippen molar-refractivity contribution in [2.45, 2.75) is 12.8 Å². The van der Waals surface area contributed by atoms with Gasteiger partial charge in [0.1, 0.15) is 5.75 Å². The van der Waals surface area contributed by atoms with Gasteiger partial charge in [-0.15, -0.1) is 0 Å². The van der Waals surface area contributed by atoms with E-state index in [1.54, 1.807) is 0 Å². The SMILES string of the molecule is O=C(COc1cc(Cl)c(Cl)cc1Cl)NCCCc1ccccc1. The Morgan fingerprint density at radius 2 is 1.70 bits per heavy atom. The van der Waals surface area contributed by atoms with Crippen LogP contribution in [0.5, 0.6) is 5.75 Å². The van der Waals surface area contributed by atoms with E-state index in [1.165, 1.54) is 17.7 Å². The first-order valence-corrected chi connectivity index (χ1v) is 8.27. The maximum atomic E-state index is 11.8. The quantitative estimate of drug-likeness (QED) is 0.561. The number of nitrogens with one attached hydrogen (secondary N) is 1. The molecular formula is C17H16Cl3NO2. The van der Waals surface area contributed by atoms with Gasteiger partial charge in [0.15, 0.2) is 6.61 Å². The van der Waals surface area contributed by atoms with Gasteiger partial charge < -0.3 is 10.1 Å². The van der Waals surface area contributed by atoms with Gasteiger partial charge >= 0.3 is 0 Å². The maximum absolute atomic E-state index is 11.8. The van der Waals surface area contributed by atoms with E-state index in [0.717, 1.165) is 12.8 Å². The minimum Gasteiger partial charge on any atom is -0.482 e. The molecule has 0 saturated carbocycles. The zero-order valence-corrected chi connectivity index (χ0v) is 14.6. The largest absolute Gasteiger partial charge is 0.482 e. The topological polar surface area (TPSA) is 38.3 Å². The number of carbonyl (C=O) groups is 1. The molecule has 0 aliphatic carbocycles. The van der Waals surface area contributed by atoms with Gasteiger partial charge in [0.05, 0.1) is 15.1 Å². The van der Waals surface area contributed by atoms with Gasteiger partial charge in [0, 0.05) is 12.6 Å². The Balaban J connectivity index is 1.70. The lowest BCUT2D eigenvalue weighted by Crippen LogP contribution is -2.29. The van der Waals surface area contributed by atoms with E-state index < -0.39 is 0 Å². The summed E-state index contributed by atoms with van der Waals surface area (Å²) in [6, 6.07) is 13.1. The molecule has 23 heavy (non-hydrogen) atoms. The first-order chi connectivity index (χ1) is 11.1. The van der Waals surface area contributed by atoms with Gasteiger partial charge in [0.2, 0.25) is 0 Å². The van der Waals surface area contributed by atoms with Crippen LogP contribution in [0.2, 0.25) is 15.1 Å². The number of aryl methyl sites for hydroxylation is 1. The highest BCUT2D eigenvalue weighted by molar-refractivity contribution is 6.43. The van der Waals surface area contributed by atoms with Crippen LogP contribution < -0.4 is 10.1 Å². The maximum Gasteiger partial charge on any atom is 0.257 e. The van der Waals surface area contributed by atoms with Gasteiger partial charge in [-0.2, -0.15) is 0 Å². The van der Waals surface area contributed by atoms with Crippen molar-refractivity contribution in [3.63, 3.8) is 0 Å². The number of amides is 1. The smallest absolute Gasteiger partial charge is 0.257 e. The van der Waals surface area contributed by atoms with Crippen LogP contribution in [0, 0.1) is 0 Å². The van der Waals surface area contributed by atoms with E-state index in [1.807, 2.05) is 18.2 Å². The fourth-order valence-corrected chi connectivity index (χ4v) is 2.57. The third-order valence-corrected chi connectivity index (χ3v) is 4.16. The molecule has 0 fully saturated rings. The zero-order chi connectivity index (χ0) is 16.7. The minimum absolute atomic E-state index is 0.122. The molecule has 0 saturated heterocycles. The molecule has 0 radical (unpaired) electrons. The van der Waals surface area contributed by atoms with E-state index in [9.17, 15) is 4.79 Å². The normalized spacial score (nSPS) is 10.4. The average molecular weight is 373 g/mol. The molecule has 2 rings (SSSR count). The van der Waals surface area contributed by atoms with Crippen molar-refractivity contribution in [1.29, 1.82) is 0 Å². The minimum atomic E-state index is -0.208. The Hall–Kier alpha value is -1.42. The third-order valence-electron chi connectivity index (χ3n) is 3.14. The second-order valence-electron chi connectivity index (χ2n) is 4.92. The molecule has 3 nitrogen and oxygen atoms in total. The molecule has 6 heteroatoms. The summed E-state index contributed by atoms with van der Waals surface area (Å²) < 4.78 is 5.36. The summed E-state index contributed by atoms with van der Waals surface area (Å²) in [5.74, 6) is 0.126. The predicted molar refractivity (Wildman–Crippen MR) is 94.7 cm³/mol. The van der Waals surface area contributed by atoms with Gasteiger partial charge in [-0.25, -0.2) is 0 Å². The van der Waals surface area contributed by atoms with Gasteiger partial charge in [-0.3, -0.25) is 4.79 Å². The highest BCUT2D eigenvalue weighted by atomic mass is 35.5. The average Bonchev–Trinajstić information content (AvgIpc) is 2.55. The summed E-state index contributed by atoms with van der Waals surface area (Å²) in [4.78, 5) is 11.8.